The van der Waals surface area contributed by atoms with Crippen LogP contribution in [-0.4, -0.2) is 23.0 Å². The van der Waals surface area contributed by atoms with Crippen LogP contribution in [0.25, 0.3) is 0 Å². The zero-order valence-electron chi connectivity index (χ0n) is 15.2. The first-order valence-corrected chi connectivity index (χ1v) is 8.65. The molecule has 0 aliphatic heterocycles. The molecule has 7 heteroatoms. The van der Waals surface area contributed by atoms with E-state index in [0.29, 0.717) is 16.5 Å². The lowest BCUT2D eigenvalue weighted by atomic mass is 10.1. The van der Waals surface area contributed by atoms with Crippen molar-refractivity contribution in [2.75, 3.05) is 17.7 Å². The molecule has 0 aliphatic carbocycles. The molecule has 0 saturated heterocycles. The molecular formula is C20H19ClN4O2. The summed E-state index contributed by atoms with van der Waals surface area (Å²) in [5.74, 6) is 0.542. The molecule has 1 amide bonds. The van der Waals surface area contributed by atoms with E-state index in [1.165, 1.54) is 6.20 Å². The average molecular weight is 383 g/mol. The van der Waals surface area contributed by atoms with Crippen molar-refractivity contribution in [2.24, 2.45) is 0 Å². The number of benzene rings is 2. The van der Waals surface area contributed by atoms with Gasteiger partial charge in [-0.05, 0) is 61.4 Å². The van der Waals surface area contributed by atoms with E-state index in [-0.39, 0.29) is 17.5 Å². The molecule has 27 heavy (non-hydrogen) atoms. The average Bonchev–Trinajstić information content (AvgIpc) is 2.61. The normalized spacial score (nSPS) is 10.4. The summed E-state index contributed by atoms with van der Waals surface area (Å²) in [5.41, 5.74) is 3.72. The van der Waals surface area contributed by atoms with Gasteiger partial charge in [-0.3, -0.25) is 4.79 Å². The fourth-order valence-electron chi connectivity index (χ4n) is 2.69. The molecule has 3 rings (SSSR count). The van der Waals surface area contributed by atoms with Crippen LogP contribution in [0.15, 0.2) is 48.7 Å². The number of amides is 1. The minimum Gasteiger partial charge on any atom is -0.495 e. The summed E-state index contributed by atoms with van der Waals surface area (Å²) < 4.78 is 5.30. The standard InChI is InChI=1S/C20H19ClN4O2/c1-12-8-13(2)10-15(9-12)23-19(26)16-6-7-22-20(24-16)25-17-11-14(21)4-5-18(17)27-3/h4-11H,1-3H3,(H,23,26)(H,22,24,25). The maximum atomic E-state index is 12.5. The van der Waals surface area contributed by atoms with Gasteiger partial charge in [0.1, 0.15) is 11.4 Å². The van der Waals surface area contributed by atoms with Crippen molar-refractivity contribution in [1.29, 1.82) is 0 Å². The molecule has 0 aliphatic rings. The van der Waals surface area contributed by atoms with Crippen molar-refractivity contribution >= 4 is 34.8 Å². The van der Waals surface area contributed by atoms with Gasteiger partial charge in [0, 0.05) is 16.9 Å². The highest BCUT2D eigenvalue weighted by Gasteiger charge is 2.11. The second-order valence-corrected chi connectivity index (χ2v) is 6.50. The fraction of sp³-hybridized carbons (Fsp3) is 0.150. The lowest BCUT2D eigenvalue weighted by Crippen LogP contribution is -2.15. The number of nitrogens with zero attached hydrogens (tertiary/aromatic N) is 2. The summed E-state index contributed by atoms with van der Waals surface area (Å²) in [4.78, 5) is 21.0. The van der Waals surface area contributed by atoms with Gasteiger partial charge in [0.2, 0.25) is 5.95 Å². The van der Waals surface area contributed by atoms with Gasteiger partial charge in [-0.2, -0.15) is 0 Å². The van der Waals surface area contributed by atoms with E-state index < -0.39 is 0 Å². The monoisotopic (exact) mass is 382 g/mol. The number of halogens is 1. The quantitative estimate of drug-likeness (QED) is 0.665. The SMILES string of the molecule is COc1ccc(Cl)cc1Nc1nccc(C(=O)Nc2cc(C)cc(C)c2)n1. The van der Waals surface area contributed by atoms with Crippen LogP contribution in [0.4, 0.5) is 17.3 Å². The van der Waals surface area contributed by atoms with E-state index in [9.17, 15) is 4.79 Å². The number of hydrogen-bond donors (Lipinski definition) is 2. The topological polar surface area (TPSA) is 76.1 Å². The van der Waals surface area contributed by atoms with Gasteiger partial charge < -0.3 is 15.4 Å². The Labute approximate surface area is 162 Å². The predicted octanol–water partition coefficient (Wildman–Crippen LogP) is 4.75. The number of ether oxygens (including phenoxy) is 1. The van der Waals surface area contributed by atoms with Crippen LogP contribution in [0, 0.1) is 13.8 Å². The molecule has 0 saturated carbocycles. The highest BCUT2D eigenvalue weighted by molar-refractivity contribution is 6.31. The van der Waals surface area contributed by atoms with Gasteiger partial charge in [0.05, 0.1) is 12.8 Å². The first kappa shape index (κ1) is 18.7. The first-order chi connectivity index (χ1) is 12.9. The molecule has 0 spiro atoms. The summed E-state index contributed by atoms with van der Waals surface area (Å²) in [5, 5.41) is 6.43. The molecule has 138 valence electrons. The van der Waals surface area contributed by atoms with Crippen molar-refractivity contribution in [1.82, 2.24) is 9.97 Å². The number of nitrogens with one attached hydrogen (secondary N) is 2. The third-order valence-corrected chi connectivity index (χ3v) is 4.01. The van der Waals surface area contributed by atoms with E-state index in [2.05, 4.69) is 20.6 Å². The Morgan fingerprint density at radius 1 is 1.07 bits per heavy atom. The Kier molecular flexibility index (Phi) is 5.57. The Bertz CT molecular complexity index is 971. The molecule has 0 radical (unpaired) electrons. The number of anilines is 3. The van der Waals surface area contributed by atoms with Crippen molar-refractivity contribution in [3.05, 3.63) is 70.5 Å². The van der Waals surface area contributed by atoms with E-state index in [0.717, 1.165) is 16.8 Å². The molecule has 1 heterocycles. The fourth-order valence-corrected chi connectivity index (χ4v) is 2.86. The van der Waals surface area contributed by atoms with Gasteiger partial charge in [0.15, 0.2) is 0 Å². The van der Waals surface area contributed by atoms with Gasteiger partial charge in [-0.15, -0.1) is 0 Å². The van der Waals surface area contributed by atoms with E-state index in [1.807, 2.05) is 32.0 Å². The maximum absolute atomic E-state index is 12.5. The highest BCUT2D eigenvalue weighted by Crippen LogP contribution is 2.29. The molecule has 2 aromatic carbocycles. The molecule has 3 aromatic rings. The molecule has 0 atom stereocenters. The van der Waals surface area contributed by atoms with E-state index >= 15 is 0 Å². The van der Waals surface area contributed by atoms with E-state index in [4.69, 9.17) is 16.3 Å². The van der Waals surface area contributed by atoms with Crippen LogP contribution in [-0.2, 0) is 0 Å². The summed E-state index contributed by atoms with van der Waals surface area (Å²) in [7, 11) is 1.56. The first-order valence-electron chi connectivity index (χ1n) is 8.28. The van der Waals surface area contributed by atoms with Crippen LogP contribution >= 0.6 is 11.6 Å². The van der Waals surface area contributed by atoms with Gasteiger partial charge in [0.25, 0.3) is 5.91 Å². The molecule has 2 N–H and O–H groups in total. The van der Waals surface area contributed by atoms with Crippen LogP contribution in [0.5, 0.6) is 5.75 Å². The van der Waals surface area contributed by atoms with Gasteiger partial charge in [-0.1, -0.05) is 17.7 Å². The zero-order chi connectivity index (χ0) is 19.4. The Morgan fingerprint density at radius 2 is 1.81 bits per heavy atom. The number of carbonyl (C=O) groups excluding carboxylic acids is 1. The zero-order valence-corrected chi connectivity index (χ0v) is 16.0. The maximum Gasteiger partial charge on any atom is 0.274 e. The van der Waals surface area contributed by atoms with Crippen LogP contribution in [0.3, 0.4) is 0 Å². The number of rotatable bonds is 5. The van der Waals surface area contributed by atoms with Crippen molar-refractivity contribution in [3.63, 3.8) is 0 Å². The number of aromatic nitrogens is 2. The van der Waals surface area contributed by atoms with Crippen LogP contribution < -0.4 is 15.4 Å². The lowest BCUT2D eigenvalue weighted by Gasteiger charge is -2.11. The highest BCUT2D eigenvalue weighted by atomic mass is 35.5. The number of methoxy groups -OCH3 is 1. The summed E-state index contributed by atoms with van der Waals surface area (Å²) in [6.45, 7) is 3.96. The molecular weight excluding hydrogens is 364 g/mol. The Balaban J connectivity index is 1.81. The minimum atomic E-state index is -0.316. The van der Waals surface area contributed by atoms with Crippen molar-refractivity contribution < 1.29 is 9.53 Å². The molecule has 0 fully saturated rings. The summed E-state index contributed by atoms with van der Waals surface area (Å²) in [6, 6.07) is 12.6. The second kappa shape index (κ2) is 8.05. The minimum absolute atomic E-state index is 0.243. The molecule has 1 aromatic heterocycles. The van der Waals surface area contributed by atoms with Gasteiger partial charge >= 0.3 is 0 Å². The van der Waals surface area contributed by atoms with Crippen LogP contribution in [0.2, 0.25) is 5.02 Å². The van der Waals surface area contributed by atoms with Crippen molar-refractivity contribution in [3.8, 4) is 5.75 Å². The smallest absolute Gasteiger partial charge is 0.274 e. The van der Waals surface area contributed by atoms with Crippen molar-refractivity contribution in [2.45, 2.75) is 13.8 Å². The molecule has 6 nitrogen and oxygen atoms in total. The molecule has 0 unspecified atom stereocenters. The van der Waals surface area contributed by atoms with E-state index in [1.54, 1.807) is 31.4 Å². The Morgan fingerprint density at radius 3 is 2.52 bits per heavy atom. The number of aryl methyl sites for hydroxylation is 2. The third kappa shape index (κ3) is 4.74. The summed E-state index contributed by atoms with van der Waals surface area (Å²) in [6.07, 6.45) is 1.52. The van der Waals surface area contributed by atoms with Crippen LogP contribution in [0.1, 0.15) is 21.6 Å². The lowest BCUT2D eigenvalue weighted by molar-refractivity contribution is 0.102. The third-order valence-electron chi connectivity index (χ3n) is 3.78. The largest absolute Gasteiger partial charge is 0.495 e. The number of hydrogen-bond acceptors (Lipinski definition) is 5. The second-order valence-electron chi connectivity index (χ2n) is 6.07. The van der Waals surface area contributed by atoms with Gasteiger partial charge in [-0.25, -0.2) is 9.97 Å². The predicted molar refractivity (Wildman–Crippen MR) is 107 cm³/mol. The summed E-state index contributed by atoms with van der Waals surface area (Å²) >= 11 is 6.04. The number of carbonyl (C=O) groups is 1. The Hall–Kier alpha value is -3.12. The molecule has 0 bridgehead atoms.